The summed E-state index contributed by atoms with van der Waals surface area (Å²) in [4.78, 5) is 24.6. The summed E-state index contributed by atoms with van der Waals surface area (Å²) >= 11 is 0. The first kappa shape index (κ1) is 21.0. The SMILES string of the molecule is COc1ccccc1NC(=O)c1cnc([C@@H]2CCCCN2Cc2cnn(C)c2)nc1C. The Morgan fingerprint density at radius 2 is 2.10 bits per heavy atom. The summed E-state index contributed by atoms with van der Waals surface area (Å²) in [5.41, 5.74) is 2.93. The van der Waals surface area contributed by atoms with Crippen LogP contribution in [0.4, 0.5) is 5.69 Å². The third kappa shape index (κ3) is 4.74. The monoisotopic (exact) mass is 420 g/mol. The van der Waals surface area contributed by atoms with Gasteiger partial charge in [-0.2, -0.15) is 5.10 Å². The van der Waals surface area contributed by atoms with Crippen LogP contribution in [0.3, 0.4) is 0 Å². The summed E-state index contributed by atoms with van der Waals surface area (Å²) in [6.45, 7) is 3.67. The second-order valence-electron chi connectivity index (χ2n) is 7.89. The minimum atomic E-state index is -0.246. The average molecular weight is 421 g/mol. The standard InChI is InChI=1S/C23H28N6O2/c1-16-18(23(30)27-19-8-4-5-10-21(19)31-3)13-24-22(26-16)20-9-6-7-11-29(20)15-17-12-25-28(2)14-17/h4-5,8,10,12-14,20H,6-7,9,11,15H2,1-3H3,(H,27,30)/t20-/m0/s1. The first-order chi connectivity index (χ1) is 15.0. The van der Waals surface area contributed by atoms with Gasteiger partial charge < -0.3 is 10.1 Å². The Labute approximate surface area is 182 Å². The van der Waals surface area contributed by atoms with Gasteiger partial charge in [0.1, 0.15) is 11.6 Å². The lowest BCUT2D eigenvalue weighted by atomic mass is 10.0. The maximum atomic E-state index is 12.8. The first-order valence-electron chi connectivity index (χ1n) is 10.5. The number of nitrogens with one attached hydrogen (secondary N) is 1. The van der Waals surface area contributed by atoms with Gasteiger partial charge in [0.2, 0.25) is 0 Å². The smallest absolute Gasteiger partial charge is 0.259 e. The molecule has 1 atom stereocenters. The summed E-state index contributed by atoms with van der Waals surface area (Å²) in [5, 5.41) is 7.17. The van der Waals surface area contributed by atoms with E-state index >= 15 is 0 Å². The van der Waals surface area contributed by atoms with Gasteiger partial charge in [-0.15, -0.1) is 0 Å². The minimum absolute atomic E-state index is 0.138. The number of carbonyl (C=O) groups excluding carboxylic acids is 1. The lowest BCUT2D eigenvalue weighted by Crippen LogP contribution is -2.34. The number of hydrogen-bond donors (Lipinski definition) is 1. The van der Waals surface area contributed by atoms with Gasteiger partial charge in [-0.3, -0.25) is 14.4 Å². The number of ether oxygens (including phenoxy) is 1. The number of carbonyl (C=O) groups is 1. The maximum Gasteiger partial charge on any atom is 0.259 e. The molecule has 0 saturated carbocycles. The molecular weight excluding hydrogens is 392 g/mol. The van der Waals surface area contributed by atoms with Crippen LogP contribution in [-0.2, 0) is 13.6 Å². The number of rotatable bonds is 6. The van der Waals surface area contributed by atoms with Crippen LogP contribution < -0.4 is 10.1 Å². The zero-order chi connectivity index (χ0) is 21.8. The van der Waals surface area contributed by atoms with Crippen molar-refractivity contribution in [1.82, 2.24) is 24.6 Å². The molecule has 0 bridgehead atoms. The molecule has 162 valence electrons. The van der Waals surface area contributed by atoms with Gasteiger partial charge in [-0.25, -0.2) is 9.97 Å². The van der Waals surface area contributed by atoms with Gasteiger partial charge in [0.05, 0.1) is 36.3 Å². The Balaban J connectivity index is 1.52. The molecule has 8 nitrogen and oxygen atoms in total. The highest BCUT2D eigenvalue weighted by Crippen LogP contribution is 2.31. The zero-order valence-electron chi connectivity index (χ0n) is 18.2. The molecule has 0 spiro atoms. The summed E-state index contributed by atoms with van der Waals surface area (Å²) in [5.74, 6) is 1.14. The van der Waals surface area contributed by atoms with Crippen LogP contribution in [0.5, 0.6) is 5.75 Å². The van der Waals surface area contributed by atoms with Crippen LogP contribution >= 0.6 is 0 Å². The molecule has 3 heterocycles. The van der Waals surface area contributed by atoms with E-state index in [2.05, 4.69) is 20.3 Å². The zero-order valence-corrected chi connectivity index (χ0v) is 18.2. The number of anilines is 1. The van der Waals surface area contributed by atoms with Gasteiger partial charge in [-0.1, -0.05) is 18.6 Å². The van der Waals surface area contributed by atoms with E-state index in [9.17, 15) is 4.79 Å². The van der Waals surface area contributed by atoms with Crippen molar-refractivity contribution >= 4 is 11.6 Å². The van der Waals surface area contributed by atoms with Gasteiger partial charge in [0, 0.05) is 31.5 Å². The predicted molar refractivity (Wildman–Crippen MR) is 118 cm³/mol. The lowest BCUT2D eigenvalue weighted by molar-refractivity contribution is 0.102. The third-order valence-corrected chi connectivity index (χ3v) is 5.65. The van der Waals surface area contributed by atoms with E-state index in [0.29, 0.717) is 22.7 Å². The molecule has 31 heavy (non-hydrogen) atoms. The molecule has 1 saturated heterocycles. The van der Waals surface area contributed by atoms with Crippen molar-refractivity contribution in [2.24, 2.45) is 7.05 Å². The van der Waals surface area contributed by atoms with Crippen LogP contribution in [0.15, 0.2) is 42.9 Å². The summed E-state index contributed by atoms with van der Waals surface area (Å²) in [7, 11) is 3.51. The number of nitrogens with zero attached hydrogens (tertiary/aromatic N) is 5. The average Bonchev–Trinajstić information content (AvgIpc) is 3.19. The van der Waals surface area contributed by atoms with Gasteiger partial charge in [0.15, 0.2) is 0 Å². The van der Waals surface area contributed by atoms with Crippen LogP contribution in [0.2, 0.25) is 0 Å². The van der Waals surface area contributed by atoms with E-state index in [-0.39, 0.29) is 11.9 Å². The van der Waals surface area contributed by atoms with E-state index in [1.54, 1.807) is 19.4 Å². The van der Waals surface area contributed by atoms with Gasteiger partial charge >= 0.3 is 0 Å². The number of benzene rings is 1. The van der Waals surface area contributed by atoms with Crippen molar-refractivity contribution in [2.75, 3.05) is 19.0 Å². The van der Waals surface area contributed by atoms with Gasteiger partial charge in [-0.05, 0) is 38.4 Å². The third-order valence-electron chi connectivity index (χ3n) is 5.65. The van der Waals surface area contributed by atoms with Gasteiger partial charge in [0.25, 0.3) is 5.91 Å². The topological polar surface area (TPSA) is 85.2 Å². The molecule has 1 N–H and O–H groups in total. The molecule has 3 aromatic rings. The van der Waals surface area contributed by atoms with Crippen molar-refractivity contribution in [2.45, 2.75) is 38.8 Å². The number of amides is 1. The van der Waals surface area contributed by atoms with Crippen molar-refractivity contribution in [3.8, 4) is 5.75 Å². The fourth-order valence-corrected chi connectivity index (χ4v) is 4.07. The summed E-state index contributed by atoms with van der Waals surface area (Å²) in [6.07, 6.45) is 8.90. The van der Waals surface area contributed by atoms with E-state index < -0.39 is 0 Å². The molecule has 8 heteroatoms. The fraction of sp³-hybridized carbons (Fsp3) is 0.391. The molecular formula is C23H28N6O2. The Bertz CT molecular complexity index is 1060. The van der Waals surface area contributed by atoms with E-state index in [4.69, 9.17) is 9.72 Å². The molecule has 1 amide bonds. The van der Waals surface area contributed by atoms with Crippen LogP contribution in [0.1, 0.15) is 52.7 Å². The van der Waals surface area contributed by atoms with E-state index in [1.165, 1.54) is 5.56 Å². The molecule has 4 rings (SSSR count). The van der Waals surface area contributed by atoms with Crippen LogP contribution in [0, 0.1) is 6.92 Å². The minimum Gasteiger partial charge on any atom is -0.495 e. The van der Waals surface area contributed by atoms with Crippen molar-refractivity contribution in [1.29, 1.82) is 0 Å². The Kier molecular flexibility index (Phi) is 6.27. The highest BCUT2D eigenvalue weighted by molar-refractivity contribution is 6.05. The lowest BCUT2D eigenvalue weighted by Gasteiger charge is -2.34. The van der Waals surface area contributed by atoms with E-state index in [1.807, 2.05) is 49.2 Å². The first-order valence-corrected chi connectivity index (χ1v) is 10.5. The Hall–Kier alpha value is -3.26. The van der Waals surface area contributed by atoms with Crippen LogP contribution in [-0.4, -0.2) is 44.2 Å². The highest BCUT2D eigenvalue weighted by atomic mass is 16.5. The Morgan fingerprint density at radius 1 is 1.26 bits per heavy atom. The maximum absolute atomic E-state index is 12.8. The fourth-order valence-electron chi connectivity index (χ4n) is 4.07. The molecule has 0 unspecified atom stereocenters. The van der Waals surface area contributed by atoms with Crippen molar-refractivity contribution < 1.29 is 9.53 Å². The largest absolute Gasteiger partial charge is 0.495 e. The molecule has 1 fully saturated rings. The molecule has 0 radical (unpaired) electrons. The number of hydrogen-bond acceptors (Lipinski definition) is 6. The van der Waals surface area contributed by atoms with Crippen molar-refractivity contribution in [3.63, 3.8) is 0 Å². The van der Waals surface area contributed by atoms with Crippen LogP contribution in [0.25, 0.3) is 0 Å². The number of piperidine rings is 1. The number of aromatic nitrogens is 4. The quantitative estimate of drug-likeness (QED) is 0.657. The number of para-hydroxylation sites is 2. The Morgan fingerprint density at radius 3 is 2.84 bits per heavy atom. The molecule has 1 aliphatic rings. The second-order valence-corrected chi connectivity index (χ2v) is 7.89. The predicted octanol–water partition coefficient (Wildman–Crippen LogP) is 3.51. The number of likely N-dealkylation sites (tertiary alicyclic amines) is 1. The molecule has 1 aromatic carbocycles. The number of methoxy groups -OCH3 is 1. The highest BCUT2D eigenvalue weighted by Gasteiger charge is 2.27. The molecule has 2 aromatic heterocycles. The summed E-state index contributed by atoms with van der Waals surface area (Å²) < 4.78 is 7.14. The molecule has 0 aliphatic carbocycles. The van der Waals surface area contributed by atoms with Crippen molar-refractivity contribution in [3.05, 3.63) is 65.5 Å². The molecule has 1 aliphatic heterocycles. The second kappa shape index (κ2) is 9.26. The number of aryl methyl sites for hydroxylation is 2. The normalized spacial score (nSPS) is 16.8. The van der Waals surface area contributed by atoms with E-state index in [0.717, 1.165) is 38.2 Å². The summed E-state index contributed by atoms with van der Waals surface area (Å²) in [6, 6.07) is 7.46.